The lowest BCUT2D eigenvalue weighted by molar-refractivity contribution is -0.216. The number of rotatable bonds is 8. The third-order valence-corrected chi connectivity index (χ3v) is 5.95. The Bertz CT molecular complexity index is 472. The fourth-order valence-corrected chi connectivity index (χ4v) is 3.39. The molecule has 0 heterocycles. The highest BCUT2D eigenvalue weighted by molar-refractivity contribution is 5.91. The number of aliphatic hydroxyl groups is 2. The van der Waals surface area contributed by atoms with Crippen LogP contribution in [0.15, 0.2) is 0 Å². The molecule has 0 aromatic rings. The van der Waals surface area contributed by atoms with E-state index < -0.39 is 35.0 Å². The molecule has 0 unspecified atom stereocenters. The second kappa shape index (κ2) is 7.12. The molecule has 0 amide bonds. The van der Waals surface area contributed by atoms with Crippen LogP contribution in [0.5, 0.6) is 0 Å². The minimum absolute atomic E-state index is 0.0800. The highest BCUT2D eigenvalue weighted by atomic mass is 16.6. The van der Waals surface area contributed by atoms with Crippen LogP contribution >= 0.6 is 0 Å². The molecule has 5 nitrogen and oxygen atoms in total. The predicted molar refractivity (Wildman–Crippen MR) is 92.2 cm³/mol. The van der Waals surface area contributed by atoms with Gasteiger partial charge in [0.1, 0.15) is 0 Å². The summed E-state index contributed by atoms with van der Waals surface area (Å²) in [4.78, 5) is 24.5. The number of hydrogen-bond donors (Lipinski definition) is 2. The lowest BCUT2D eigenvalue weighted by atomic mass is 9.49. The van der Waals surface area contributed by atoms with Crippen molar-refractivity contribution in [3.8, 4) is 0 Å². The van der Waals surface area contributed by atoms with Crippen molar-refractivity contribution < 1.29 is 24.5 Å². The standard InChI is InChI=1S/C19H34O5/c1-7-9-10-18(8-2)11-19(23,12-18)17(5,6)15(22)24-14(21)16(3,4)13-20/h20,23H,7-13H2,1-6H3. The SMILES string of the molecule is CCCCC1(CC)CC(O)(C(C)(C)C(=O)OC(=O)C(C)(C)CO)C1. The topological polar surface area (TPSA) is 83.8 Å². The zero-order chi connectivity index (χ0) is 18.8. The third kappa shape index (κ3) is 3.83. The Balaban J connectivity index is 2.81. The number of hydrogen-bond acceptors (Lipinski definition) is 5. The van der Waals surface area contributed by atoms with Crippen LogP contribution in [0, 0.1) is 16.2 Å². The van der Waals surface area contributed by atoms with E-state index in [1.165, 1.54) is 13.8 Å². The van der Waals surface area contributed by atoms with E-state index in [-0.39, 0.29) is 5.41 Å². The van der Waals surface area contributed by atoms with Crippen molar-refractivity contribution in [1.29, 1.82) is 0 Å². The number of ether oxygens (including phenoxy) is 1. The number of carbonyl (C=O) groups excluding carboxylic acids is 2. The van der Waals surface area contributed by atoms with Gasteiger partial charge in [-0.1, -0.05) is 33.1 Å². The lowest BCUT2D eigenvalue weighted by Crippen LogP contribution is -2.62. The van der Waals surface area contributed by atoms with Crippen LogP contribution in [0.2, 0.25) is 0 Å². The van der Waals surface area contributed by atoms with E-state index in [0.717, 1.165) is 25.7 Å². The van der Waals surface area contributed by atoms with Crippen LogP contribution in [0.25, 0.3) is 0 Å². The molecule has 1 aliphatic carbocycles. The summed E-state index contributed by atoms with van der Waals surface area (Å²) in [6.45, 7) is 10.2. The molecule has 0 radical (unpaired) electrons. The quantitative estimate of drug-likeness (QED) is 0.523. The molecule has 1 saturated carbocycles. The van der Waals surface area contributed by atoms with Crippen molar-refractivity contribution in [3.05, 3.63) is 0 Å². The monoisotopic (exact) mass is 342 g/mol. The van der Waals surface area contributed by atoms with Gasteiger partial charge in [-0.3, -0.25) is 9.59 Å². The average molecular weight is 342 g/mol. The molecule has 1 aliphatic rings. The molecule has 140 valence electrons. The molecule has 0 saturated heterocycles. The average Bonchev–Trinajstić information content (AvgIpc) is 2.49. The van der Waals surface area contributed by atoms with E-state index in [0.29, 0.717) is 12.8 Å². The maximum atomic E-state index is 12.5. The summed E-state index contributed by atoms with van der Waals surface area (Å²) in [6, 6.07) is 0. The molecule has 5 heteroatoms. The smallest absolute Gasteiger partial charge is 0.322 e. The maximum Gasteiger partial charge on any atom is 0.322 e. The van der Waals surface area contributed by atoms with Gasteiger partial charge in [-0.2, -0.15) is 0 Å². The van der Waals surface area contributed by atoms with Crippen LogP contribution in [-0.4, -0.2) is 34.4 Å². The molecule has 0 aromatic heterocycles. The van der Waals surface area contributed by atoms with Crippen molar-refractivity contribution in [2.24, 2.45) is 16.2 Å². The largest absolute Gasteiger partial charge is 0.395 e. The van der Waals surface area contributed by atoms with Gasteiger partial charge in [-0.15, -0.1) is 0 Å². The summed E-state index contributed by atoms with van der Waals surface area (Å²) >= 11 is 0. The Labute approximate surface area is 145 Å². The lowest BCUT2D eigenvalue weighted by Gasteiger charge is -2.59. The van der Waals surface area contributed by atoms with Crippen LogP contribution < -0.4 is 0 Å². The first kappa shape index (κ1) is 21.1. The van der Waals surface area contributed by atoms with E-state index >= 15 is 0 Å². The molecule has 0 atom stereocenters. The Kier molecular flexibility index (Phi) is 6.26. The zero-order valence-electron chi connectivity index (χ0n) is 16.1. The summed E-state index contributed by atoms with van der Waals surface area (Å²) in [5, 5.41) is 20.2. The van der Waals surface area contributed by atoms with E-state index in [9.17, 15) is 19.8 Å². The Morgan fingerprint density at radius 1 is 1.08 bits per heavy atom. The van der Waals surface area contributed by atoms with Crippen LogP contribution in [0.1, 0.15) is 80.1 Å². The van der Waals surface area contributed by atoms with Gasteiger partial charge in [0.05, 0.1) is 23.0 Å². The van der Waals surface area contributed by atoms with Gasteiger partial charge in [-0.05, 0) is 52.4 Å². The van der Waals surface area contributed by atoms with Crippen LogP contribution in [0.4, 0.5) is 0 Å². The summed E-state index contributed by atoms with van der Waals surface area (Å²) in [5.41, 5.74) is -3.38. The minimum Gasteiger partial charge on any atom is -0.395 e. The summed E-state index contributed by atoms with van der Waals surface area (Å²) in [7, 11) is 0. The van der Waals surface area contributed by atoms with Gasteiger partial charge in [0.2, 0.25) is 0 Å². The molecule has 0 aromatic carbocycles. The summed E-state index contributed by atoms with van der Waals surface area (Å²) in [5.74, 6) is -1.49. The normalized spacial score (nSPS) is 27.5. The fraction of sp³-hybridized carbons (Fsp3) is 0.895. The number of esters is 2. The van der Waals surface area contributed by atoms with E-state index in [4.69, 9.17) is 4.74 Å². The third-order valence-electron chi connectivity index (χ3n) is 5.95. The molecular weight excluding hydrogens is 308 g/mol. The molecule has 0 spiro atoms. The molecule has 0 aliphatic heterocycles. The molecular formula is C19H34O5. The van der Waals surface area contributed by atoms with Gasteiger partial charge in [-0.25, -0.2) is 0 Å². The van der Waals surface area contributed by atoms with E-state index in [2.05, 4.69) is 13.8 Å². The molecule has 2 N–H and O–H groups in total. The van der Waals surface area contributed by atoms with Gasteiger partial charge < -0.3 is 14.9 Å². The first-order valence-corrected chi connectivity index (χ1v) is 9.00. The highest BCUT2D eigenvalue weighted by Gasteiger charge is 2.62. The minimum atomic E-state index is -1.17. The number of unbranched alkanes of at least 4 members (excludes halogenated alkanes) is 1. The van der Waals surface area contributed by atoms with Crippen molar-refractivity contribution in [2.45, 2.75) is 85.7 Å². The summed E-state index contributed by atoms with van der Waals surface area (Å²) < 4.78 is 4.98. The van der Waals surface area contributed by atoms with E-state index in [1.54, 1.807) is 13.8 Å². The first-order chi connectivity index (χ1) is 10.9. The van der Waals surface area contributed by atoms with Crippen molar-refractivity contribution in [1.82, 2.24) is 0 Å². The number of aliphatic hydroxyl groups excluding tert-OH is 1. The van der Waals surface area contributed by atoms with Crippen molar-refractivity contribution in [2.75, 3.05) is 6.61 Å². The van der Waals surface area contributed by atoms with Crippen molar-refractivity contribution in [3.63, 3.8) is 0 Å². The van der Waals surface area contributed by atoms with Crippen LogP contribution in [-0.2, 0) is 14.3 Å². The molecule has 24 heavy (non-hydrogen) atoms. The van der Waals surface area contributed by atoms with E-state index in [1.807, 2.05) is 0 Å². The second-order valence-corrected chi connectivity index (χ2v) is 8.69. The Hall–Kier alpha value is -0.940. The molecule has 1 fully saturated rings. The maximum absolute atomic E-state index is 12.5. The molecule has 0 bridgehead atoms. The Morgan fingerprint density at radius 2 is 1.62 bits per heavy atom. The van der Waals surface area contributed by atoms with Gasteiger partial charge in [0.15, 0.2) is 0 Å². The first-order valence-electron chi connectivity index (χ1n) is 9.00. The summed E-state index contributed by atoms with van der Waals surface area (Å²) in [6.07, 6.45) is 5.33. The highest BCUT2D eigenvalue weighted by Crippen LogP contribution is 2.60. The van der Waals surface area contributed by atoms with Crippen molar-refractivity contribution >= 4 is 11.9 Å². The molecule has 1 rings (SSSR count). The second-order valence-electron chi connectivity index (χ2n) is 8.69. The van der Waals surface area contributed by atoms with Crippen LogP contribution in [0.3, 0.4) is 0 Å². The zero-order valence-corrected chi connectivity index (χ0v) is 16.1. The Morgan fingerprint density at radius 3 is 2.04 bits per heavy atom. The van der Waals surface area contributed by atoms with Gasteiger partial charge in [0.25, 0.3) is 0 Å². The fourth-order valence-electron chi connectivity index (χ4n) is 3.39. The van der Waals surface area contributed by atoms with Gasteiger partial charge >= 0.3 is 11.9 Å². The van der Waals surface area contributed by atoms with Gasteiger partial charge in [0, 0.05) is 0 Å². The predicted octanol–water partition coefficient (Wildman–Crippen LogP) is 3.21. The number of carbonyl (C=O) groups is 2.